The topological polar surface area (TPSA) is 58.8 Å². The number of methoxy groups -OCH3 is 1. The number of rotatable bonds is 6. The second kappa shape index (κ2) is 8.88. The molecule has 1 atom stereocenters. The third-order valence-electron chi connectivity index (χ3n) is 4.25. The molecule has 0 spiro atoms. The van der Waals surface area contributed by atoms with Crippen molar-refractivity contribution in [3.8, 4) is 0 Å². The summed E-state index contributed by atoms with van der Waals surface area (Å²) in [7, 11) is 1.72. The second-order valence-corrected chi connectivity index (χ2v) is 5.71. The van der Waals surface area contributed by atoms with Crippen LogP contribution in [0.5, 0.6) is 0 Å². The molecular formula is C17H27N3O2. The normalized spacial score (nSPS) is 18.0. The van der Waals surface area contributed by atoms with Gasteiger partial charge in [-0.25, -0.2) is 0 Å². The molecule has 1 aliphatic rings. The highest BCUT2D eigenvalue weighted by molar-refractivity contribution is 5.84. The van der Waals surface area contributed by atoms with Gasteiger partial charge in [-0.2, -0.15) is 0 Å². The molecule has 1 saturated heterocycles. The summed E-state index contributed by atoms with van der Waals surface area (Å²) >= 11 is 0. The summed E-state index contributed by atoms with van der Waals surface area (Å²) in [6.07, 6.45) is 1.00. The van der Waals surface area contributed by atoms with Gasteiger partial charge in [0, 0.05) is 39.8 Å². The Hall–Kier alpha value is -1.43. The smallest absolute Gasteiger partial charge is 0.231 e. The summed E-state index contributed by atoms with van der Waals surface area (Å²) in [5.41, 5.74) is 6.88. The lowest BCUT2D eigenvalue weighted by atomic mass is 9.97. The van der Waals surface area contributed by atoms with Crippen molar-refractivity contribution in [2.45, 2.75) is 12.3 Å². The van der Waals surface area contributed by atoms with Crippen LogP contribution in [0.3, 0.4) is 0 Å². The Morgan fingerprint density at radius 2 is 2.00 bits per heavy atom. The lowest BCUT2D eigenvalue weighted by Gasteiger charge is -2.26. The van der Waals surface area contributed by atoms with Crippen molar-refractivity contribution in [3.63, 3.8) is 0 Å². The average molecular weight is 305 g/mol. The molecule has 0 saturated carbocycles. The number of nitrogens with two attached hydrogens (primary N) is 1. The third-order valence-corrected chi connectivity index (χ3v) is 4.25. The number of carbonyl (C=O) groups excluding carboxylic acids is 1. The third kappa shape index (κ3) is 4.53. The summed E-state index contributed by atoms with van der Waals surface area (Å²) in [5, 5.41) is 0. The molecule has 0 bridgehead atoms. The number of hydrogen-bond acceptors (Lipinski definition) is 4. The predicted octanol–water partition coefficient (Wildman–Crippen LogP) is 0.910. The van der Waals surface area contributed by atoms with Gasteiger partial charge in [0.1, 0.15) is 0 Å². The molecule has 0 aliphatic carbocycles. The molecule has 1 fully saturated rings. The first kappa shape index (κ1) is 16.9. The van der Waals surface area contributed by atoms with Crippen molar-refractivity contribution in [2.75, 3.05) is 53.0 Å². The summed E-state index contributed by atoms with van der Waals surface area (Å²) in [4.78, 5) is 17.1. The van der Waals surface area contributed by atoms with Crippen molar-refractivity contribution in [3.05, 3.63) is 35.9 Å². The Bertz CT molecular complexity index is 452. The molecule has 22 heavy (non-hydrogen) atoms. The molecule has 2 N–H and O–H groups in total. The first-order chi connectivity index (χ1) is 10.8. The molecule has 1 heterocycles. The van der Waals surface area contributed by atoms with Crippen LogP contribution in [0.2, 0.25) is 0 Å². The maximum atomic E-state index is 12.8. The summed E-state index contributed by atoms with van der Waals surface area (Å²) in [6, 6.07) is 9.85. The van der Waals surface area contributed by atoms with Crippen LogP contribution in [0.1, 0.15) is 17.9 Å². The number of nitrogens with zero attached hydrogens (tertiary/aromatic N) is 2. The van der Waals surface area contributed by atoms with Gasteiger partial charge >= 0.3 is 0 Å². The highest BCUT2D eigenvalue weighted by atomic mass is 16.5. The molecule has 1 aromatic rings. The second-order valence-electron chi connectivity index (χ2n) is 5.71. The van der Waals surface area contributed by atoms with Crippen LogP contribution >= 0.6 is 0 Å². The van der Waals surface area contributed by atoms with Gasteiger partial charge in [-0.1, -0.05) is 30.3 Å². The van der Waals surface area contributed by atoms with Crippen molar-refractivity contribution < 1.29 is 9.53 Å². The predicted molar refractivity (Wildman–Crippen MR) is 87.8 cm³/mol. The molecule has 1 amide bonds. The zero-order chi connectivity index (χ0) is 15.8. The largest absolute Gasteiger partial charge is 0.383 e. The van der Waals surface area contributed by atoms with E-state index in [1.54, 1.807) is 7.11 Å². The van der Waals surface area contributed by atoms with Gasteiger partial charge in [-0.3, -0.25) is 9.69 Å². The van der Waals surface area contributed by atoms with Crippen molar-refractivity contribution in [2.24, 2.45) is 5.73 Å². The van der Waals surface area contributed by atoms with Crippen LogP contribution in [-0.2, 0) is 9.53 Å². The quantitative estimate of drug-likeness (QED) is 0.849. The zero-order valence-corrected chi connectivity index (χ0v) is 13.4. The van der Waals surface area contributed by atoms with E-state index in [9.17, 15) is 4.79 Å². The highest BCUT2D eigenvalue weighted by Crippen LogP contribution is 2.18. The Kier molecular flexibility index (Phi) is 6.83. The first-order valence-electron chi connectivity index (χ1n) is 8.01. The van der Waals surface area contributed by atoms with E-state index < -0.39 is 0 Å². The molecule has 5 nitrogen and oxygen atoms in total. The molecular weight excluding hydrogens is 278 g/mol. The first-order valence-corrected chi connectivity index (χ1v) is 8.01. The van der Waals surface area contributed by atoms with Gasteiger partial charge in [0.25, 0.3) is 0 Å². The lowest BCUT2D eigenvalue weighted by Crippen LogP contribution is -2.40. The van der Waals surface area contributed by atoms with E-state index >= 15 is 0 Å². The molecule has 122 valence electrons. The van der Waals surface area contributed by atoms with E-state index in [0.29, 0.717) is 6.54 Å². The molecule has 0 radical (unpaired) electrons. The van der Waals surface area contributed by atoms with E-state index in [1.807, 2.05) is 35.2 Å². The molecule has 2 rings (SSSR count). The maximum Gasteiger partial charge on any atom is 0.231 e. The zero-order valence-electron chi connectivity index (χ0n) is 13.4. The maximum absolute atomic E-state index is 12.8. The summed E-state index contributed by atoms with van der Waals surface area (Å²) < 4.78 is 5.13. The fourth-order valence-electron chi connectivity index (χ4n) is 2.92. The minimum Gasteiger partial charge on any atom is -0.383 e. The summed E-state index contributed by atoms with van der Waals surface area (Å²) in [6.45, 7) is 5.53. The Morgan fingerprint density at radius 1 is 1.23 bits per heavy atom. The van der Waals surface area contributed by atoms with Gasteiger partial charge in [0.15, 0.2) is 0 Å². The standard InChI is InChI=1S/C17H27N3O2/c1-22-13-12-19-8-5-9-20(11-10-19)17(21)16(14-18)15-6-3-2-4-7-15/h2-4,6-7,16H,5,8-14,18H2,1H3. The van der Waals surface area contributed by atoms with Crippen LogP contribution in [0.25, 0.3) is 0 Å². The van der Waals surface area contributed by atoms with Gasteiger partial charge in [-0.15, -0.1) is 0 Å². The van der Waals surface area contributed by atoms with Gasteiger partial charge < -0.3 is 15.4 Å². The molecule has 1 aromatic carbocycles. The van der Waals surface area contributed by atoms with E-state index in [0.717, 1.165) is 51.3 Å². The number of hydrogen-bond donors (Lipinski definition) is 1. The van der Waals surface area contributed by atoms with Crippen LogP contribution in [0, 0.1) is 0 Å². The Labute approximate surface area is 133 Å². The molecule has 1 unspecified atom stereocenters. The molecule has 5 heteroatoms. The van der Waals surface area contributed by atoms with Crippen molar-refractivity contribution in [1.82, 2.24) is 9.80 Å². The van der Waals surface area contributed by atoms with Crippen molar-refractivity contribution in [1.29, 1.82) is 0 Å². The molecule has 1 aliphatic heterocycles. The number of carbonyl (C=O) groups is 1. The Balaban J connectivity index is 1.96. The number of benzene rings is 1. The average Bonchev–Trinajstić information content (AvgIpc) is 2.80. The minimum atomic E-state index is -0.230. The van der Waals surface area contributed by atoms with Crippen LogP contribution in [-0.4, -0.2) is 68.7 Å². The van der Waals surface area contributed by atoms with E-state index in [4.69, 9.17) is 10.5 Å². The van der Waals surface area contributed by atoms with E-state index in [1.165, 1.54) is 0 Å². The lowest BCUT2D eigenvalue weighted by molar-refractivity contribution is -0.132. The minimum absolute atomic E-state index is 0.155. The Morgan fingerprint density at radius 3 is 2.68 bits per heavy atom. The van der Waals surface area contributed by atoms with Crippen LogP contribution in [0.4, 0.5) is 0 Å². The monoisotopic (exact) mass is 305 g/mol. The fraction of sp³-hybridized carbons (Fsp3) is 0.588. The van der Waals surface area contributed by atoms with Crippen molar-refractivity contribution >= 4 is 5.91 Å². The van der Waals surface area contributed by atoms with E-state index in [-0.39, 0.29) is 11.8 Å². The van der Waals surface area contributed by atoms with Crippen LogP contribution in [0.15, 0.2) is 30.3 Å². The van der Waals surface area contributed by atoms with Gasteiger partial charge in [0.2, 0.25) is 5.91 Å². The molecule has 0 aromatic heterocycles. The number of ether oxygens (including phenoxy) is 1. The summed E-state index contributed by atoms with van der Waals surface area (Å²) in [5.74, 6) is -0.0750. The highest BCUT2D eigenvalue weighted by Gasteiger charge is 2.26. The van der Waals surface area contributed by atoms with E-state index in [2.05, 4.69) is 4.90 Å². The fourth-order valence-corrected chi connectivity index (χ4v) is 2.92. The van der Waals surface area contributed by atoms with Gasteiger partial charge in [-0.05, 0) is 18.5 Å². The van der Waals surface area contributed by atoms with Crippen LogP contribution < -0.4 is 5.73 Å². The van der Waals surface area contributed by atoms with Gasteiger partial charge in [0.05, 0.1) is 12.5 Å². The SMILES string of the molecule is COCCN1CCCN(C(=O)C(CN)c2ccccc2)CC1. The number of amides is 1.